The first-order valence-corrected chi connectivity index (χ1v) is 21.5. The lowest BCUT2D eigenvalue weighted by Crippen LogP contribution is -2.56. The van der Waals surface area contributed by atoms with Gasteiger partial charge in [0.05, 0.1) is 21.3 Å². The van der Waals surface area contributed by atoms with Crippen molar-refractivity contribution in [2.75, 3.05) is 67.1 Å². The molecule has 8 atom stereocenters. The fourth-order valence-electron chi connectivity index (χ4n) is 12.0. The van der Waals surface area contributed by atoms with Crippen LogP contribution in [0.15, 0.2) is 0 Å². The molecule has 8 aliphatic rings. The molecule has 11 heteroatoms. The summed E-state index contributed by atoms with van der Waals surface area (Å²) >= 11 is 0. The van der Waals surface area contributed by atoms with Crippen molar-refractivity contribution in [3.8, 4) is 0 Å². The number of rotatable bonds is 2. The average molecular weight is 730 g/mol. The maximum atomic E-state index is 11.9. The number of nitrogens with zero attached hydrogens (tertiary/aromatic N) is 5. The average Bonchev–Trinajstić information content (AvgIpc) is 3.95. The molecule has 52 heavy (non-hydrogen) atoms. The van der Waals surface area contributed by atoms with Crippen molar-refractivity contribution in [3.63, 3.8) is 0 Å². The van der Waals surface area contributed by atoms with Gasteiger partial charge in [-0.2, -0.15) is 0 Å². The van der Waals surface area contributed by atoms with Crippen molar-refractivity contribution in [3.05, 3.63) is 0 Å². The van der Waals surface area contributed by atoms with Gasteiger partial charge in [0.2, 0.25) is 0 Å². The van der Waals surface area contributed by atoms with E-state index in [0.29, 0.717) is 42.0 Å². The van der Waals surface area contributed by atoms with Crippen LogP contribution in [-0.2, 0) is 14.2 Å². The summed E-state index contributed by atoms with van der Waals surface area (Å²) in [7, 11) is 4.49. The van der Waals surface area contributed by atoms with Crippen molar-refractivity contribution < 1.29 is 28.6 Å². The molecule has 0 aromatic heterocycles. The highest BCUT2D eigenvalue weighted by Gasteiger charge is 2.45. The Labute approximate surface area is 314 Å². The van der Waals surface area contributed by atoms with Gasteiger partial charge >= 0.3 is 18.3 Å². The Balaban J connectivity index is 0.000000136. The number of carbonyl (C=O) groups excluding carboxylic acids is 3. The van der Waals surface area contributed by atoms with E-state index in [4.69, 9.17) is 14.2 Å². The number of likely N-dealkylation sites (tertiary alicyclic amines) is 5. The molecule has 8 fully saturated rings. The van der Waals surface area contributed by atoms with Gasteiger partial charge in [-0.3, -0.25) is 0 Å². The van der Waals surface area contributed by atoms with Crippen molar-refractivity contribution in [2.24, 2.45) is 17.8 Å². The molecular formula is C41H71N5O6. The number of ether oxygens (including phenoxy) is 3. The molecule has 0 N–H and O–H groups in total. The van der Waals surface area contributed by atoms with E-state index in [-0.39, 0.29) is 18.3 Å². The molecule has 3 aliphatic carbocycles. The Kier molecular flexibility index (Phi) is 14.7. The summed E-state index contributed by atoms with van der Waals surface area (Å²) < 4.78 is 14.8. The van der Waals surface area contributed by atoms with Crippen LogP contribution >= 0.6 is 0 Å². The van der Waals surface area contributed by atoms with Crippen LogP contribution in [0.1, 0.15) is 128 Å². The number of methoxy groups -OCH3 is 3. The first-order valence-electron chi connectivity index (χ1n) is 21.5. The zero-order valence-corrected chi connectivity index (χ0v) is 32.9. The molecule has 0 spiro atoms. The number of amides is 3. The second-order valence-corrected chi connectivity index (χ2v) is 17.0. The Morgan fingerprint density at radius 3 is 1.15 bits per heavy atom. The monoisotopic (exact) mass is 730 g/mol. The van der Waals surface area contributed by atoms with Crippen LogP contribution in [0.4, 0.5) is 14.4 Å². The predicted octanol–water partition coefficient (Wildman–Crippen LogP) is 7.37. The standard InChI is InChI=1S/2C15H26N2O2.C11H19NO2/c2*1-19-15(18)17-11-5-6-12-13(7-4-8-14(12)17)16-9-2-3-10-16;1-14-11(13)12-8-4-6-9-5-2-3-7-10(9)12/h2*12-14H,2-11H2,1H3;9-10H,2-8H2,1H3/t2*12-,13-,14-;/m10./s1. The summed E-state index contributed by atoms with van der Waals surface area (Å²) in [6.45, 7) is 7.76. The van der Waals surface area contributed by atoms with Crippen LogP contribution < -0.4 is 0 Å². The molecule has 0 bridgehead atoms. The third-order valence-corrected chi connectivity index (χ3v) is 14.3. The fourth-order valence-corrected chi connectivity index (χ4v) is 12.0. The van der Waals surface area contributed by atoms with Crippen LogP contribution in [0.25, 0.3) is 0 Å². The van der Waals surface area contributed by atoms with Crippen LogP contribution in [0.5, 0.6) is 0 Å². The van der Waals surface area contributed by atoms with Crippen LogP contribution in [0.2, 0.25) is 0 Å². The molecule has 5 saturated heterocycles. The van der Waals surface area contributed by atoms with Crippen molar-refractivity contribution in [1.29, 1.82) is 0 Å². The summed E-state index contributed by atoms with van der Waals surface area (Å²) in [5.74, 6) is 2.11. The highest BCUT2D eigenvalue weighted by molar-refractivity contribution is 5.69. The number of carbonyl (C=O) groups is 3. The largest absolute Gasteiger partial charge is 0.453 e. The third-order valence-electron chi connectivity index (χ3n) is 14.3. The molecule has 11 nitrogen and oxygen atoms in total. The van der Waals surface area contributed by atoms with E-state index >= 15 is 0 Å². The van der Waals surface area contributed by atoms with Gasteiger partial charge in [-0.25, -0.2) is 14.4 Å². The summed E-state index contributed by atoms with van der Waals surface area (Å²) in [4.78, 5) is 46.8. The van der Waals surface area contributed by atoms with Crippen molar-refractivity contribution in [2.45, 2.75) is 159 Å². The minimum absolute atomic E-state index is 0.114. The van der Waals surface area contributed by atoms with E-state index in [1.54, 1.807) is 0 Å². The van der Waals surface area contributed by atoms with Crippen molar-refractivity contribution >= 4 is 18.3 Å². The fraction of sp³-hybridized carbons (Fsp3) is 0.927. The molecule has 8 rings (SSSR count). The third kappa shape index (κ3) is 9.15. The lowest BCUT2D eigenvalue weighted by atomic mass is 9.74. The molecule has 5 aliphatic heterocycles. The maximum absolute atomic E-state index is 11.9. The minimum Gasteiger partial charge on any atom is -0.453 e. The zero-order valence-electron chi connectivity index (χ0n) is 32.9. The molecule has 0 aromatic carbocycles. The Hall–Kier alpha value is -2.27. The molecule has 296 valence electrons. The van der Waals surface area contributed by atoms with E-state index in [2.05, 4.69) is 9.80 Å². The molecule has 3 amide bonds. The summed E-state index contributed by atoms with van der Waals surface area (Å²) in [5, 5.41) is 0. The number of fused-ring (bicyclic) bond motifs is 3. The van der Waals surface area contributed by atoms with Gasteiger partial charge in [0.25, 0.3) is 0 Å². The topological polar surface area (TPSA) is 95.1 Å². The second kappa shape index (κ2) is 19.4. The number of hydrogen-bond donors (Lipinski definition) is 0. The lowest BCUT2D eigenvalue weighted by molar-refractivity contribution is 0.00441. The Morgan fingerprint density at radius 1 is 0.365 bits per heavy atom. The lowest BCUT2D eigenvalue weighted by Gasteiger charge is -2.49. The maximum Gasteiger partial charge on any atom is 0.409 e. The number of piperidine rings is 3. The highest BCUT2D eigenvalue weighted by atomic mass is 16.5. The smallest absolute Gasteiger partial charge is 0.409 e. The molecule has 0 aromatic rings. The van der Waals surface area contributed by atoms with Crippen molar-refractivity contribution in [1.82, 2.24) is 24.5 Å². The normalized spacial score (nSPS) is 35.0. The summed E-state index contributed by atoms with van der Waals surface area (Å²) in [5.41, 5.74) is 0. The first kappa shape index (κ1) is 39.4. The molecule has 5 heterocycles. The highest BCUT2D eigenvalue weighted by Crippen LogP contribution is 2.41. The van der Waals surface area contributed by atoms with E-state index in [0.717, 1.165) is 44.8 Å². The summed E-state index contributed by atoms with van der Waals surface area (Å²) in [6, 6.07) is 2.77. The van der Waals surface area contributed by atoms with Gasteiger partial charge < -0.3 is 38.7 Å². The van der Waals surface area contributed by atoms with E-state index < -0.39 is 0 Å². The Bertz CT molecular complexity index is 1080. The van der Waals surface area contributed by atoms with E-state index in [1.807, 2.05) is 14.7 Å². The molecular weight excluding hydrogens is 658 g/mol. The molecule has 2 unspecified atom stereocenters. The molecule has 0 radical (unpaired) electrons. The minimum atomic E-state index is -0.124. The van der Waals surface area contributed by atoms with Gasteiger partial charge in [0.1, 0.15) is 0 Å². The van der Waals surface area contributed by atoms with Gasteiger partial charge in [0.15, 0.2) is 0 Å². The quantitative estimate of drug-likeness (QED) is 0.272. The summed E-state index contributed by atoms with van der Waals surface area (Å²) in [6.07, 6.45) is 25.0. The predicted molar refractivity (Wildman–Crippen MR) is 202 cm³/mol. The SMILES string of the molecule is COC(=O)N1CCCC2CCCCC21.COC(=O)N1CCC[C@@H]2[C@H](N3CCCC3)CCC[C@H]21.COC(=O)N1CCC[C@H]2[C@@H](N3CCCC3)CCC[C@@H]21. The zero-order chi connectivity index (χ0) is 36.5. The van der Waals surface area contributed by atoms with Crippen LogP contribution in [0.3, 0.4) is 0 Å². The van der Waals surface area contributed by atoms with Gasteiger partial charge in [-0.05, 0) is 160 Å². The first-order chi connectivity index (χ1) is 25.4. The van der Waals surface area contributed by atoms with Gasteiger partial charge in [-0.15, -0.1) is 0 Å². The van der Waals surface area contributed by atoms with E-state index in [9.17, 15) is 14.4 Å². The Morgan fingerprint density at radius 2 is 0.712 bits per heavy atom. The van der Waals surface area contributed by atoms with Gasteiger partial charge in [-0.1, -0.05) is 12.8 Å². The number of hydrogen-bond acceptors (Lipinski definition) is 8. The van der Waals surface area contributed by atoms with Gasteiger partial charge in [0, 0.05) is 49.8 Å². The van der Waals surface area contributed by atoms with Crippen LogP contribution in [0, 0.1) is 17.8 Å². The molecule has 3 saturated carbocycles. The van der Waals surface area contributed by atoms with E-state index in [1.165, 1.54) is 157 Å². The second-order valence-electron chi connectivity index (χ2n) is 17.0. The van der Waals surface area contributed by atoms with Crippen LogP contribution in [-0.4, -0.2) is 140 Å².